The lowest BCUT2D eigenvalue weighted by atomic mass is 9.94. The van der Waals surface area contributed by atoms with Crippen molar-refractivity contribution in [3.8, 4) is 0 Å². The van der Waals surface area contributed by atoms with Crippen LogP contribution < -0.4 is 5.32 Å². The molecule has 0 amide bonds. The number of piperidine rings is 1. The number of nitrogens with one attached hydrogen (secondary N) is 1. The minimum Gasteiger partial charge on any atom is -0.378 e. The molecule has 0 radical (unpaired) electrons. The Labute approximate surface area is 106 Å². The Kier molecular flexibility index (Phi) is 4.45. The first-order valence-electron chi connectivity index (χ1n) is 7.09. The van der Waals surface area contributed by atoms with Crippen LogP contribution in [0.2, 0.25) is 0 Å². The van der Waals surface area contributed by atoms with Gasteiger partial charge in [-0.05, 0) is 32.7 Å². The van der Waals surface area contributed by atoms with Crippen LogP contribution in [0.15, 0.2) is 0 Å². The molecule has 1 aliphatic carbocycles. The molecule has 100 valence electrons. The summed E-state index contributed by atoms with van der Waals surface area (Å²) < 4.78 is 6.08. The van der Waals surface area contributed by atoms with Gasteiger partial charge in [0.2, 0.25) is 0 Å². The van der Waals surface area contributed by atoms with Crippen molar-refractivity contribution in [3.05, 3.63) is 0 Å². The normalized spacial score (nSPS) is 24.2. The van der Waals surface area contributed by atoms with Crippen molar-refractivity contribution in [2.75, 3.05) is 33.3 Å². The molecule has 0 bridgehead atoms. The van der Waals surface area contributed by atoms with E-state index in [9.17, 15) is 0 Å². The van der Waals surface area contributed by atoms with Crippen molar-refractivity contribution >= 4 is 0 Å². The van der Waals surface area contributed by atoms with Crippen LogP contribution in [0.4, 0.5) is 0 Å². The zero-order chi connectivity index (χ0) is 12.3. The number of likely N-dealkylation sites (tertiary alicyclic amines) is 1. The molecule has 1 saturated heterocycles. The minimum absolute atomic E-state index is 0.270. The number of rotatable bonds is 6. The molecule has 2 rings (SSSR count). The van der Waals surface area contributed by atoms with Crippen molar-refractivity contribution in [2.45, 2.75) is 51.7 Å². The molecule has 1 aliphatic heterocycles. The molecule has 1 heterocycles. The maximum atomic E-state index is 6.08. The third-order valence-electron chi connectivity index (χ3n) is 3.82. The van der Waals surface area contributed by atoms with Gasteiger partial charge in [0.25, 0.3) is 0 Å². The first-order chi connectivity index (χ1) is 8.05. The van der Waals surface area contributed by atoms with E-state index in [-0.39, 0.29) is 5.41 Å². The molecule has 2 aliphatic rings. The van der Waals surface area contributed by atoms with Gasteiger partial charge in [-0.15, -0.1) is 0 Å². The lowest BCUT2D eigenvalue weighted by Gasteiger charge is -2.32. The van der Waals surface area contributed by atoms with Gasteiger partial charge in [0.05, 0.1) is 12.7 Å². The van der Waals surface area contributed by atoms with Crippen LogP contribution in [-0.2, 0) is 4.74 Å². The summed E-state index contributed by atoms with van der Waals surface area (Å²) in [7, 11) is 2.19. The second kappa shape index (κ2) is 5.68. The second-order valence-corrected chi connectivity index (χ2v) is 6.63. The Balaban J connectivity index is 1.61. The van der Waals surface area contributed by atoms with Crippen molar-refractivity contribution in [3.63, 3.8) is 0 Å². The van der Waals surface area contributed by atoms with E-state index in [4.69, 9.17) is 4.74 Å². The van der Waals surface area contributed by atoms with E-state index < -0.39 is 0 Å². The smallest absolute Gasteiger partial charge is 0.0599 e. The molecule has 0 aromatic rings. The maximum Gasteiger partial charge on any atom is 0.0599 e. The Bertz CT molecular complexity index is 230. The first kappa shape index (κ1) is 13.3. The Morgan fingerprint density at radius 3 is 2.41 bits per heavy atom. The summed E-state index contributed by atoms with van der Waals surface area (Å²) in [6, 6.07) is 0.803. The number of ether oxygens (including phenoxy) is 1. The van der Waals surface area contributed by atoms with Gasteiger partial charge in [0, 0.05) is 31.1 Å². The molecule has 0 aromatic carbocycles. The topological polar surface area (TPSA) is 24.5 Å². The fraction of sp³-hybridized carbons (Fsp3) is 1.00. The highest BCUT2D eigenvalue weighted by atomic mass is 16.5. The van der Waals surface area contributed by atoms with E-state index in [2.05, 4.69) is 31.1 Å². The highest BCUT2D eigenvalue weighted by molar-refractivity contribution is 4.84. The SMILES string of the molecule is CN1CCC(OCC(C)(C)CNC2CC2)CC1. The van der Waals surface area contributed by atoms with Gasteiger partial charge in [0.15, 0.2) is 0 Å². The average molecular weight is 240 g/mol. The van der Waals surface area contributed by atoms with Crippen LogP contribution in [0.25, 0.3) is 0 Å². The van der Waals surface area contributed by atoms with Crippen LogP contribution in [0.3, 0.4) is 0 Å². The summed E-state index contributed by atoms with van der Waals surface area (Å²) in [5.74, 6) is 0. The fourth-order valence-electron chi connectivity index (χ4n) is 2.25. The molecule has 17 heavy (non-hydrogen) atoms. The Hall–Kier alpha value is -0.120. The highest BCUT2D eigenvalue weighted by Gasteiger charge is 2.26. The Morgan fingerprint density at radius 2 is 1.82 bits per heavy atom. The minimum atomic E-state index is 0.270. The molecular weight excluding hydrogens is 212 g/mol. The van der Waals surface area contributed by atoms with E-state index in [1.54, 1.807) is 0 Å². The molecule has 0 aromatic heterocycles. The van der Waals surface area contributed by atoms with Gasteiger partial charge in [-0.25, -0.2) is 0 Å². The zero-order valence-corrected chi connectivity index (χ0v) is 11.7. The predicted octanol–water partition coefficient (Wildman–Crippen LogP) is 1.88. The number of hydrogen-bond donors (Lipinski definition) is 1. The van der Waals surface area contributed by atoms with Crippen molar-refractivity contribution in [2.24, 2.45) is 5.41 Å². The largest absolute Gasteiger partial charge is 0.378 e. The van der Waals surface area contributed by atoms with Crippen LogP contribution >= 0.6 is 0 Å². The lowest BCUT2D eigenvalue weighted by Crippen LogP contribution is -2.39. The molecule has 2 fully saturated rings. The van der Waals surface area contributed by atoms with Crippen molar-refractivity contribution in [1.82, 2.24) is 10.2 Å². The van der Waals surface area contributed by atoms with E-state index in [1.807, 2.05) is 0 Å². The van der Waals surface area contributed by atoms with Crippen molar-refractivity contribution < 1.29 is 4.74 Å². The molecule has 1 saturated carbocycles. The standard InChI is InChI=1S/C14H28N2O/c1-14(2,10-15-12-4-5-12)11-17-13-6-8-16(3)9-7-13/h12-13,15H,4-11H2,1-3H3. The molecule has 1 N–H and O–H groups in total. The van der Waals surface area contributed by atoms with Crippen LogP contribution in [-0.4, -0.2) is 50.3 Å². The van der Waals surface area contributed by atoms with Crippen LogP contribution in [0, 0.1) is 5.41 Å². The fourth-order valence-corrected chi connectivity index (χ4v) is 2.25. The first-order valence-corrected chi connectivity index (χ1v) is 7.09. The summed E-state index contributed by atoms with van der Waals surface area (Å²) >= 11 is 0. The van der Waals surface area contributed by atoms with Gasteiger partial charge in [-0.1, -0.05) is 13.8 Å². The van der Waals surface area contributed by atoms with Gasteiger partial charge in [-0.3, -0.25) is 0 Å². The molecule has 0 atom stereocenters. The zero-order valence-electron chi connectivity index (χ0n) is 11.7. The quantitative estimate of drug-likeness (QED) is 0.767. The van der Waals surface area contributed by atoms with Gasteiger partial charge >= 0.3 is 0 Å². The van der Waals surface area contributed by atoms with Gasteiger partial charge < -0.3 is 15.0 Å². The summed E-state index contributed by atoms with van der Waals surface area (Å²) in [6.45, 7) is 8.96. The second-order valence-electron chi connectivity index (χ2n) is 6.63. The van der Waals surface area contributed by atoms with Crippen LogP contribution in [0.1, 0.15) is 39.5 Å². The Morgan fingerprint density at radius 1 is 1.18 bits per heavy atom. The number of hydrogen-bond acceptors (Lipinski definition) is 3. The third-order valence-corrected chi connectivity index (χ3v) is 3.82. The molecule has 3 heteroatoms. The highest BCUT2D eigenvalue weighted by Crippen LogP contribution is 2.23. The summed E-state index contributed by atoms with van der Waals surface area (Å²) in [6.07, 6.45) is 5.62. The van der Waals surface area contributed by atoms with Gasteiger partial charge in [0.1, 0.15) is 0 Å². The number of nitrogens with zero attached hydrogens (tertiary/aromatic N) is 1. The lowest BCUT2D eigenvalue weighted by molar-refractivity contribution is -0.0247. The monoisotopic (exact) mass is 240 g/mol. The maximum absolute atomic E-state index is 6.08. The van der Waals surface area contributed by atoms with Crippen LogP contribution in [0.5, 0.6) is 0 Å². The summed E-state index contributed by atoms with van der Waals surface area (Å²) in [4.78, 5) is 2.39. The van der Waals surface area contributed by atoms with E-state index in [1.165, 1.54) is 38.8 Å². The van der Waals surface area contributed by atoms with E-state index in [0.29, 0.717) is 6.10 Å². The average Bonchev–Trinajstić information content (AvgIpc) is 3.10. The predicted molar refractivity (Wildman–Crippen MR) is 71.3 cm³/mol. The third kappa shape index (κ3) is 4.94. The molecule has 3 nitrogen and oxygen atoms in total. The van der Waals surface area contributed by atoms with Crippen molar-refractivity contribution in [1.29, 1.82) is 0 Å². The van der Waals surface area contributed by atoms with Gasteiger partial charge in [-0.2, -0.15) is 0 Å². The molecule has 0 unspecified atom stereocenters. The summed E-state index contributed by atoms with van der Waals surface area (Å²) in [5.41, 5.74) is 0.270. The summed E-state index contributed by atoms with van der Waals surface area (Å²) in [5, 5.41) is 3.60. The van der Waals surface area contributed by atoms with E-state index >= 15 is 0 Å². The molecular formula is C14H28N2O. The van der Waals surface area contributed by atoms with E-state index in [0.717, 1.165) is 19.2 Å². The molecule has 0 spiro atoms.